The minimum atomic E-state index is -0.499. The fourth-order valence-corrected chi connectivity index (χ4v) is 4.74. The van der Waals surface area contributed by atoms with Gasteiger partial charge < -0.3 is 15.8 Å². The first-order valence-electron chi connectivity index (χ1n) is 8.87. The van der Waals surface area contributed by atoms with E-state index in [0.29, 0.717) is 17.5 Å². The van der Waals surface area contributed by atoms with Crippen LogP contribution in [0.1, 0.15) is 39.7 Å². The molecule has 3 N–H and O–H groups in total. The first kappa shape index (κ1) is 18.0. The van der Waals surface area contributed by atoms with Gasteiger partial charge in [-0.15, -0.1) is 0 Å². The number of aryl methyl sites for hydroxylation is 2. The highest BCUT2D eigenvalue weighted by molar-refractivity contribution is 8.14. The summed E-state index contributed by atoms with van der Waals surface area (Å²) < 4.78 is 5.93. The number of aromatic nitrogens is 1. The van der Waals surface area contributed by atoms with Crippen molar-refractivity contribution in [3.63, 3.8) is 0 Å². The Kier molecular flexibility index (Phi) is 4.44. The Morgan fingerprint density at radius 1 is 1.37 bits per heavy atom. The van der Waals surface area contributed by atoms with Crippen molar-refractivity contribution in [3.05, 3.63) is 58.4 Å². The predicted molar refractivity (Wildman–Crippen MR) is 108 cm³/mol. The molecule has 2 atom stereocenters. The number of hydrogen-bond donors (Lipinski definition) is 2. The van der Waals surface area contributed by atoms with Gasteiger partial charge in [0, 0.05) is 17.6 Å². The normalized spacial score (nSPS) is 23.8. The summed E-state index contributed by atoms with van der Waals surface area (Å²) in [5, 5.41) is 3.55. The summed E-state index contributed by atoms with van der Waals surface area (Å²) in [6.45, 7) is 6.41. The van der Waals surface area contributed by atoms with Gasteiger partial charge in [-0.25, -0.2) is 4.99 Å². The number of rotatable bonds is 2. The zero-order valence-electron chi connectivity index (χ0n) is 15.6. The molecule has 6 nitrogen and oxygen atoms in total. The molecule has 2 aliphatic rings. The van der Waals surface area contributed by atoms with Gasteiger partial charge in [0.15, 0.2) is 5.17 Å². The van der Waals surface area contributed by atoms with Crippen LogP contribution in [0, 0.1) is 13.8 Å². The third kappa shape index (κ3) is 3.11. The summed E-state index contributed by atoms with van der Waals surface area (Å²) >= 11 is 1.54. The summed E-state index contributed by atoms with van der Waals surface area (Å²) in [6.07, 6.45) is 1.63. The molecular formula is C20H22N4O2S. The average molecular weight is 382 g/mol. The van der Waals surface area contributed by atoms with Crippen LogP contribution < -0.4 is 11.1 Å². The number of hydrogen-bond acceptors (Lipinski definition) is 6. The molecule has 2 aromatic rings. The number of pyridine rings is 1. The number of carbonyl (C=O) groups is 1. The van der Waals surface area contributed by atoms with Crippen LogP contribution in [0.3, 0.4) is 0 Å². The van der Waals surface area contributed by atoms with Crippen LogP contribution in [-0.4, -0.2) is 27.9 Å². The number of fused-ring (bicyclic) bond motifs is 2. The summed E-state index contributed by atoms with van der Waals surface area (Å²) in [4.78, 5) is 21.7. The van der Waals surface area contributed by atoms with Gasteiger partial charge in [0.25, 0.3) is 5.91 Å². The van der Waals surface area contributed by atoms with Gasteiger partial charge in [-0.2, -0.15) is 0 Å². The smallest absolute Gasteiger partial charge is 0.274 e. The largest absolute Gasteiger partial charge is 0.379 e. The third-order valence-electron chi connectivity index (χ3n) is 5.18. The quantitative estimate of drug-likeness (QED) is 0.833. The molecule has 3 heterocycles. The van der Waals surface area contributed by atoms with Crippen LogP contribution in [0.15, 0.2) is 35.5 Å². The maximum absolute atomic E-state index is 12.7. The lowest BCUT2D eigenvalue weighted by Gasteiger charge is -2.38. The van der Waals surface area contributed by atoms with Gasteiger partial charge in [0.05, 0.1) is 12.7 Å². The van der Waals surface area contributed by atoms with Crippen LogP contribution in [0.25, 0.3) is 0 Å². The fourth-order valence-electron chi connectivity index (χ4n) is 3.69. The van der Waals surface area contributed by atoms with Crippen molar-refractivity contribution in [3.8, 4) is 0 Å². The highest BCUT2D eigenvalue weighted by atomic mass is 32.2. The lowest BCUT2D eigenvalue weighted by Crippen LogP contribution is -2.42. The summed E-state index contributed by atoms with van der Waals surface area (Å²) in [6, 6.07) is 7.83. The van der Waals surface area contributed by atoms with E-state index in [-0.39, 0.29) is 12.0 Å². The van der Waals surface area contributed by atoms with Crippen LogP contribution in [0.5, 0.6) is 0 Å². The van der Waals surface area contributed by atoms with E-state index in [1.54, 1.807) is 18.0 Å². The number of nitrogens with two attached hydrogens (primary N) is 1. The van der Waals surface area contributed by atoms with Crippen molar-refractivity contribution in [2.75, 3.05) is 11.1 Å². The lowest BCUT2D eigenvalue weighted by atomic mass is 9.82. The molecule has 27 heavy (non-hydrogen) atoms. The molecular weight excluding hydrogens is 360 g/mol. The van der Waals surface area contributed by atoms with Crippen molar-refractivity contribution in [1.82, 2.24) is 4.98 Å². The highest BCUT2D eigenvalue weighted by Gasteiger charge is 2.46. The maximum Gasteiger partial charge on any atom is 0.274 e. The van der Waals surface area contributed by atoms with Gasteiger partial charge in [0.2, 0.25) is 0 Å². The highest BCUT2D eigenvalue weighted by Crippen LogP contribution is 2.45. The molecule has 140 valence electrons. The van der Waals surface area contributed by atoms with Crippen molar-refractivity contribution in [2.24, 2.45) is 10.7 Å². The molecule has 0 saturated heterocycles. The Morgan fingerprint density at radius 2 is 2.19 bits per heavy atom. The summed E-state index contributed by atoms with van der Waals surface area (Å²) in [7, 11) is 0. The standard InChI is InChI=1S/C20H22N4O2S/c1-11-6-12(2)17(22-8-11)18(25)23-15-5-4-14-9-26-13(3)20(16(14)7-15)10-27-19(21)24-20/h4-8,13H,9-10H2,1-3H3,(H2,21,24)(H,23,25). The van der Waals surface area contributed by atoms with Crippen molar-refractivity contribution < 1.29 is 9.53 Å². The topological polar surface area (TPSA) is 89.6 Å². The van der Waals surface area contributed by atoms with Gasteiger partial charge >= 0.3 is 0 Å². The molecule has 1 aromatic heterocycles. The van der Waals surface area contributed by atoms with E-state index in [1.807, 2.05) is 45.0 Å². The van der Waals surface area contributed by atoms with Gasteiger partial charge in [-0.05, 0) is 55.2 Å². The second-order valence-corrected chi connectivity index (χ2v) is 8.12. The molecule has 2 unspecified atom stereocenters. The molecule has 0 bridgehead atoms. The monoisotopic (exact) mass is 382 g/mol. The first-order valence-corrected chi connectivity index (χ1v) is 9.85. The number of nitrogens with one attached hydrogen (secondary N) is 1. The Morgan fingerprint density at radius 3 is 2.89 bits per heavy atom. The Hall–Kier alpha value is -2.38. The molecule has 0 fully saturated rings. The third-order valence-corrected chi connectivity index (χ3v) is 6.15. The number of amides is 1. The molecule has 0 radical (unpaired) electrons. The Bertz CT molecular complexity index is 959. The molecule has 2 aliphatic heterocycles. The number of carbonyl (C=O) groups excluding carboxylic acids is 1. The van der Waals surface area contributed by atoms with Crippen molar-refractivity contribution in [2.45, 2.75) is 39.0 Å². The summed E-state index contributed by atoms with van der Waals surface area (Å²) in [5.74, 6) is 0.522. The van der Waals surface area contributed by atoms with E-state index in [0.717, 1.165) is 33.7 Å². The van der Waals surface area contributed by atoms with Crippen LogP contribution in [-0.2, 0) is 16.9 Å². The van der Waals surface area contributed by atoms with E-state index < -0.39 is 5.54 Å². The zero-order valence-corrected chi connectivity index (χ0v) is 16.4. The van der Waals surface area contributed by atoms with Crippen LogP contribution in [0.2, 0.25) is 0 Å². The van der Waals surface area contributed by atoms with E-state index >= 15 is 0 Å². The minimum Gasteiger partial charge on any atom is -0.379 e. The average Bonchev–Trinajstić information content (AvgIpc) is 3.01. The second-order valence-electron chi connectivity index (χ2n) is 7.12. The van der Waals surface area contributed by atoms with E-state index in [9.17, 15) is 4.79 Å². The lowest BCUT2D eigenvalue weighted by molar-refractivity contribution is -0.00896. The van der Waals surface area contributed by atoms with Gasteiger partial charge in [-0.1, -0.05) is 23.9 Å². The number of amidine groups is 1. The number of thioether (sulfide) groups is 1. The van der Waals surface area contributed by atoms with Crippen molar-refractivity contribution in [1.29, 1.82) is 0 Å². The Labute approximate surface area is 162 Å². The fraction of sp³-hybridized carbons (Fsp3) is 0.350. The number of ether oxygens (including phenoxy) is 1. The maximum atomic E-state index is 12.7. The van der Waals surface area contributed by atoms with Gasteiger partial charge in [0.1, 0.15) is 11.2 Å². The molecule has 1 aromatic carbocycles. The van der Waals surface area contributed by atoms with E-state index in [1.165, 1.54) is 0 Å². The number of aliphatic imine (C=N–C) groups is 1. The molecule has 1 amide bonds. The van der Waals surface area contributed by atoms with E-state index in [4.69, 9.17) is 15.5 Å². The molecule has 7 heteroatoms. The van der Waals surface area contributed by atoms with Crippen molar-refractivity contribution >= 4 is 28.5 Å². The first-order chi connectivity index (χ1) is 12.9. The molecule has 4 rings (SSSR count). The number of nitrogens with zero attached hydrogens (tertiary/aromatic N) is 2. The van der Waals surface area contributed by atoms with Crippen LogP contribution >= 0.6 is 11.8 Å². The second kappa shape index (κ2) is 6.65. The van der Waals surface area contributed by atoms with Gasteiger partial charge in [-0.3, -0.25) is 9.78 Å². The van der Waals surface area contributed by atoms with E-state index in [2.05, 4.69) is 10.3 Å². The summed E-state index contributed by atoms with van der Waals surface area (Å²) in [5.41, 5.74) is 10.7. The molecule has 0 saturated carbocycles. The van der Waals surface area contributed by atoms with Crippen LogP contribution in [0.4, 0.5) is 5.69 Å². The predicted octanol–water partition coefficient (Wildman–Crippen LogP) is 3.13. The number of anilines is 1. The number of benzene rings is 1. The SMILES string of the molecule is Cc1cnc(C(=O)Nc2ccc3c(c2)C2(CSC(N)=N2)C(C)OC3)c(C)c1. The zero-order chi connectivity index (χ0) is 19.2. The Balaban J connectivity index is 1.68. The molecule has 1 spiro atoms. The minimum absolute atomic E-state index is 0.0782. The molecule has 0 aliphatic carbocycles.